The lowest BCUT2D eigenvalue weighted by molar-refractivity contribution is -0.131. The molecule has 5 rings (SSSR count). The summed E-state index contributed by atoms with van der Waals surface area (Å²) in [5, 5.41) is 2.11. The summed E-state index contributed by atoms with van der Waals surface area (Å²) in [4.78, 5) is 31.1. The molecule has 0 bridgehead atoms. The summed E-state index contributed by atoms with van der Waals surface area (Å²) in [6.07, 6.45) is 6.86. The van der Waals surface area contributed by atoms with Gasteiger partial charge in [-0.3, -0.25) is 9.59 Å². The van der Waals surface area contributed by atoms with Gasteiger partial charge in [-0.15, -0.1) is 6.42 Å². The van der Waals surface area contributed by atoms with Crippen molar-refractivity contribution in [2.45, 2.75) is 71.6 Å². The zero-order valence-electron chi connectivity index (χ0n) is 27.5. The maximum atomic E-state index is 14.7. The number of para-hydroxylation sites is 1. The van der Waals surface area contributed by atoms with Crippen LogP contribution in [0.15, 0.2) is 66.2 Å². The van der Waals surface area contributed by atoms with Gasteiger partial charge in [-0.2, -0.15) is 0 Å². The van der Waals surface area contributed by atoms with Crippen LogP contribution >= 0.6 is 0 Å². The Morgan fingerprint density at radius 1 is 0.867 bits per heavy atom. The first-order valence-electron chi connectivity index (χ1n) is 15.6. The third-order valence-corrected chi connectivity index (χ3v) is 8.92. The molecule has 0 fully saturated rings. The van der Waals surface area contributed by atoms with Crippen LogP contribution in [-0.2, 0) is 19.1 Å². The zero-order valence-corrected chi connectivity index (χ0v) is 27.5. The third kappa shape index (κ3) is 6.20. The molecule has 0 radical (unpaired) electrons. The quantitative estimate of drug-likeness (QED) is 0.151. The second kappa shape index (κ2) is 12.7. The van der Waals surface area contributed by atoms with Gasteiger partial charge in [-0.05, 0) is 82.3 Å². The number of amides is 1. The number of benzene rings is 3. The van der Waals surface area contributed by atoms with E-state index in [0.717, 1.165) is 33.9 Å². The summed E-state index contributed by atoms with van der Waals surface area (Å²) in [6, 6.07) is 19.4. The number of rotatable bonds is 13. The standard InChI is InChI=1S/C39H43NO5/c1-9-23-44-30-19-11-10-16-27(30)34-32-28-17-12-14-26-15-13-18-29(31(26)28)33(32)35(36(34)41)37(42)40(25(2)3)22-20-39(6,7)45-24-21-38(4,5)43-8/h1,10-19,25H,20-24H2,2-8H3. The van der Waals surface area contributed by atoms with Crippen LogP contribution in [0.5, 0.6) is 5.75 Å². The molecule has 234 valence electrons. The first kappa shape index (κ1) is 32.2. The number of terminal acetylenes is 1. The molecule has 2 aliphatic rings. The van der Waals surface area contributed by atoms with Gasteiger partial charge in [0.1, 0.15) is 12.4 Å². The number of carbonyl (C=O) groups is 2. The van der Waals surface area contributed by atoms with Crippen molar-refractivity contribution >= 4 is 39.2 Å². The van der Waals surface area contributed by atoms with Crippen LogP contribution in [0.3, 0.4) is 0 Å². The number of hydrogen-bond donors (Lipinski definition) is 0. The van der Waals surface area contributed by atoms with Crippen molar-refractivity contribution in [2.75, 3.05) is 26.9 Å². The Bertz CT molecular complexity index is 1750. The van der Waals surface area contributed by atoms with Crippen LogP contribution in [0.4, 0.5) is 0 Å². The van der Waals surface area contributed by atoms with Gasteiger partial charge in [-0.1, -0.05) is 60.5 Å². The molecule has 0 spiro atoms. The Labute approximate surface area is 267 Å². The fraction of sp³-hybridized carbons (Fsp3) is 0.385. The minimum absolute atomic E-state index is 0.0671. The first-order chi connectivity index (χ1) is 21.4. The molecule has 0 N–H and O–H groups in total. The highest BCUT2D eigenvalue weighted by Gasteiger charge is 2.44. The SMILES string of the molecule is C#CCOc1ccccc1C1=C2C(=C(C(=O)N(CCC(C)(C)OCCC(C)(C)OC)C(C)C)C1=O)c1cccc3cccc2c13. The highest BCUT2D eigenvalue weighted by molar-refractivity contribution is 6.56. The van der Waals surface area contributed by atoms with Crippen LogP contribution in [0.1, 0.15) is 71.1 Å². The minimum Gasteiger partial charge on any atom is -0.480 e. The number of allylic oxidation sites excluding steroid dienone is 3. The normalized spacial score (nSPS) is 14.4. The number of nitrogens with zero attached hydrogens (tertiary/aromatic N) is 1. The molecular formula is C39H43NO5. The van der Waals surface area contributed by atoms with Gasteiger partial charge >= 0.3 is 0 Å². The predicted octanol–water partition coefficient (Wildman–Crippen LogP) is 7.35. The van der Waals surface area contributed by atoms with Crippen molar-refractivity contribution in [3.63, 3.8) is 0 Å². The van der Waals surface area contributed by atoms with E-state index in [1.807, 2.05) is 90.1 Å². The van der Waals surface area contributed by atoms with Gasteiger partial charge in [0.15, 0.2) is 0 Å². The van der Waals surface area contributed by atoms with Crippen LogP contribution in [-0.4, -0.2) is 60.7 Å². The highest BCUT2D eigenvalue weighted by atomic mass is 16.5. The molecule has 0 aromatic heterocycles. The summed E-state index contributed by atoms with van der Waals surface area (Å²) in [7, 11) is 1.70. The Hall–Kier alpha value is -4.18. The Morgan fingerprint density at radius 2 is 1.51 bits per heavy atom. The van der Waals surface area contributed by atoms with E-state index in [2.05, 4.69) is 18.1 Å². The number of Topliss-reactive ketones (excluding diaryl/α,β-unsaturated/α-hetero) is 1. The Morgan fingerprint density at radius 3 is 2.16 bits per heavy atom. The zero-order chi connectivity index (χ0) is 32.5. The van der Waals surface area contributed by atoms with Crippen molar-refractivity contribution in [3.8, 4) is 18.1 Å². The fourth-order valence-electron chi connectivity index (χ4n) is 6.15. The number of carbonyl (C=O) groups excluding carboxylic acids is 2. The molecule has 0 heterocycles. The largest absolute Gasteiger partial charge is 0.480 e. The van der Waals surface area contributed by atoms with E-state index in [-0.39, 0.29) is 35.5 Å². The molecular weight excluding hydrogens is 562 g/mol. The molecule has 0 saturated carbocycles. The molecule has 3 aromatic carbocycles. The van der Waals surface area contributed by atoms with E-state index >= 15 is 0 Å². The lowest BCUT2D eigenvalue weighted by Crippen LogP contribution is -2.42. The van der Waals surface area contributed by atoms with Gasteiger partial charge in [0, 0.05) is 42.0 Å². The van der Waals surface area contributed by atoms with Crippen LogP contribution in [0.2, 0.25) is 0 Å². The molecule has 0 unspecified atom stereocenters. The fourth-order valence-corrected chi connectivity index (χ4v) is 6.15. The molecule has 0 aliphatic heterocycles. The summed E-state index contributed by atoms with van der Waals surface area (Å²) in [6.45, 7) is 13.2. The van der Waals surface area contributed by atoms with E-state index in [9.17, 15) is 9.59 Å². The molecule has 6 nitrogen and oxygen atoms in total. The molecule has 3 aromatic rings. The summed E-state index contributed by atoms with van der Waals surface area (Å²) in [5.74, 6) is 2.45. The molecule has 1 amide bonds. The average Bonchev–Trinajstić information content (AvgIpc) is 3.48. The second-order valence-corrected chi connectivity index (χ2v) is 13.2. The maximum absolute atomic E-state index is 14.7. The van der Waals surface area contributed by atoms with Crippen LogP contribution in [0, 0.1) is 12.3 Å². The number of hydrogen-bond acceptors (Lipinski definition) is 5. The van der Waals surface area contributed by atoms with Gasteiger partial charge in [0.05, 0.1) is 23.4 Å². The minimum atomic E-state index is -0.480. The lowest BCUT2D eigenvalue weighted by Gasteiger charge is -2.33. The lowest BCUT2D eigenvalue weighted by atomic mass is 9.94. The van der Waals surface area contributed by atoms with Crippen molar-refractivity contribution in [1.29, 1.82) is 0 Å². The second-order valence-electron chi connectivity index (χ2n) is 13.2. The highest BCUT2D eigenvalue weighted by Crippen LogP contribution is 2.55. The van der Waals surface area contributed by atoms with Crippen molar-refractivity contribution < 1.29 is 23.8 Å². The number of ketones is 1. The van der Waals surface area contributed by atoms with Crippen LogP contribution in [0.25, 0.3) is 27.5 Å². The topological polar surface area (TPSA) is 65.1 Å². The van der Waals surface area contributed by atoms with E-state index in [1.54, 1.807) is 12.0 Å². The molecule has 6 heteroatoms. The van der Waals surface area contributed by atoms with Gasteiger partial charge < -0.3 is 19.1 Å². The van der Waals surface area contributed by atoms with E-state index in [4.69, 9.17) is 20.6 Å². The monoisotopic (exact) mass is 605 g/mol. The van der Waals surface area contributed by atoms with Gasteiger partial charge in [0.25, 0.3) is 5.91 Å². The molecule has 0 saturated heterocycles. The summed E-state index contributed by atoms with van der Waals surface area (Å²) < 4.78 is 17.7. The van der Waals surface area contributed by atoms with E-state index in [1.165, 1.54) is 0 Å². The smallest absolute Gasteiger partial charge is 0.258 e. The van der Waals surface area contributed by atoms with Crippen LogP contribution < -0.4 is 4.74 Å². The molecule has 2 aliphatic carbocycles. The Balaban J connectivity index is 1.55. The molecule has 45 heavy (non-hydrogen) atoms. The third-order valence-electron chi connectivity index (χ3n) is 8.92. The molecule has 0 atom stereocenters. The van der Waals surface area contributed by atoms with E-state index < -0.39 is 5.60 Å². The summed E-state index contributed by atoms with van der Waals surface area (Å²) in [5.41, 5.74) is 3.86. The van der Waals surface area contributed by atoms with Gasteiger partial charge in [-0.25, -0.2) is 0 Å². The predicted molar refractivity (Wildman–Crippen MR) is 181 cm³/mol. The number of ether oxygens (including phenoxy) is 3. The Kier molecular flexibility index (Phi) is 9.07. The van der Waals surface area contributed by atoms with Crippen molar-refractivity contribution in [1.82, 2.24) is 4.90 Å². The van der Waals surface area contributed by atoms with Gasteiger partial charge in [0.2, 0.25) is 5.78 Å². The van der Waals surface area contributed by atoms with Crippen molar-refractivity contribution in [3.05, 3.63) is 82.9 Å². The first-order valence-corrected chi connectivity index (χ1v) is 15.6. The number of fused-ring (bicyclic) bond motifs is 3. The summed E-state index contributed by atoms with van der Waals surface area (Å²) >= 11 is 0. The van der Waals surface area contributed by atoms with E-state index in [0.29, 0.717) is 42.0 Å². The average molecular weight is 606 g/mol. The number of methoxy groups -OCH3 is 1. The van der Waals surface area contributed by atoms with Crippen molar-refractivity contribution in [2.24, 2.45) is 0 Å². The maximum Gasteiger partial charge on any atom is 0.258 e.